The van der Waals surface area contributed by atoms with Gasteiger partial charge in [-0.2, -0.15) is 4.31 Å². The van der Waals surface area contributed by atoms with Crippen LogP contribution >= 0.6 is 15.9 Å². The number of fused-ring (bicyclic) bond motifs is 1. The molecule has 0 bridgehead atoms. The average molecular weight is 347 g/mol. The Bertz CT molecular complexity index is 578. The highest BCUT2D eigenvalue weighted by Gasteiger charge is 2.42. The molecule has 7 heteroatoms. The van der Waals surface area contributed by atoms with Gasteiger partial charge in [0.05, 0.1) is 18.8 Å². The van der Waals surface area contributed by atoms with Crippen LogP contribution in [-0.2, 0) is 14.8 Å². The molecular formula is C12H15BrN2O3S. The topological polar surface area (TPSA) is 59.5 Å². The monoisotopic (exact) mass is 346 g/mol. The molecule has 2 aliphatic rings. The zero-order valence-corrected chi connectivity index (χ0v) is 12.7. The minimum atomic E-state index is -3.48. The van der Waals surface area contributed by atoms with Crippen molar-refractivity contribution in [1.29, 1.82) is 0 Å². The van der Waals surface area contributed by atoms with Crippen LogP contribution in [0.1, 0.15) is 19.3 Å². The van der Waals surface area contributed by atoms with Gasteiger partial charge in [0, 0.05) is 23.4 Å². The van der Waals surface area contributed by atoms with Crippen molar-refractivity contribution in [1.82, 2.24) is 9.29 Å². The minimum Gasteiger partial charge on any atom is -0.375 e. The van der Waals surface area contributed by atoms with E-state index in [9.17, 15) is 8.42 Å². The number of rotatable bonds is 2. The van der Waals surface area contributed by atoms with Gasteiger partial charge in [0.15, 0.2) is 0 Å². The zero-order chi connectivity index (χ0) is 13.5. The summed E-state index contributed by atoms with van der Waals surface area (Å²) in [6, 6.07) is 1.58. The van der Waals surface area contributed by atoms with E-state index in [1.54, 1.807) is 16.6 Å². The molecule has 0 radical (unpaired) electrons. The number of sulfonamides is 1. The van der Waals surface area contributed by atoms with E-state index in [0.29, 0.717) is 17.6 Å². The molecule has 1 saturated heterocycles. The number of pyridine rings is 1. The first-order valence-corrected chi connectivity index (χ1v) is 8.56. The van der Waals surface area contributed by atoms with Gasteiger partial charge < -0.3 is 4.74 Å². The molecule has 0 amide bonds. The van der Waals surface area contributed by atoms with Gasteiger partial charge in [0.1, 0.15) is 4.90 Å². The first-order chi connectivity index (χ1) is 9.09. The van der Waals surface area contributed by atoms with Crippen molar-refractivity contribution in [2.45, 2.75) is 36.3 Å². The van der Waals surface area contributed by atoms with E-state index in [-0.39, 0.29) is 17.0 Å². The summed E-state index contributed by atoms with van der Waals surface area (Å²) in [6.45, 7) is 0.901. The lowest BCUT2D eigenvalue weighted by Gasteiger charge is -2.36. The molecule has 0 spiro atoms. The maximum atomic E-state index is 12.7. The summed E-state index contributed by atoms with van der Waals surface area (Å²) in [4.78, 5) is 4.19. The predicted molar refractivity (Wildman–Crippen MR) is 73.2 cm³/mol. The van der Waals surface area contributed by atoms with Gasteiger partial charge in [0.2, 0.25) is 10.0 Å². The average Bonchev–Trinajstić information content (AvgIpc) is 2.86. The second-order valence-corrected chi connectivity index (χ2v) is 7.67. The van der Waals surface area contributed by atoms with E-state index < -0.39 is 10.0 Å². The summed E-state index contributed by atoms with van der Waals surface area (Å²) in [5.74, 6) is 0. The number of morpholine rings is 1. The number of aromatic nitrogens is 1. The van der Waals surface area contributed by atoms with Crippen LogP contribution in [0.15, 0.2) is 27.8 Å². The van der Waals surface area contributed by atoms with Crippen molar-refractivity contribution < 1.29 is 13.2 Å². The van der Waals surface area contributed by atoms with Crippen molar-refractivity contribution in [3.8, 4) is 0 Å². The molecular weight excluding hydrogens is 332 g/mol. The molecule has 2 fully saturated rings. The fourth-order valence-corrected chi connectivity index (χ4v) is 5.03. The Morgan fingerprint density at radius 3 is 3.00 bits per heavy atom. The van der Waals surface area contributed by atoms with E-state index in [0.717, 1.165) is 19.3 Å². The van der Waals surface area contributed by atoms with E-state index in [1.807, 2.05) is 0 Å². The molecule has 5 nitrogen and oxygen atoms in total. The Balaban J connectivity index is 1.95. The Labute approximate surface area is 121 Å². The maximum absolute atomic E-state index is 12.7. The minimum absolute atomic E-state index is 0.0160. The normalized spacial score (nSPS) is 28.3. The molecule has 0 N–H and O–H groups in total. The van der Waals surface area contributed by atoms with Crippen molar-refractivity contribution in [3.05, 3.63) is 22.9 Å². The highest BCUT2D eigenvalue weighted by molar-refractivity contribution is 9.10. The van der Waals surface area contributed by atoms with Crippen molar-refractivity contribution in [3.63, 3.8) is 0 Å². The Morgan fingerprint density at radius 2 is 2.21 bits per heavy atom. The number of ether oxygens (including phenoxy) is 1. The lowest BCUT2D eigenvalue weighted by Crippen LogP contribution is -2.51. The first-order valence-electron chi connectivity index (χ1n) is 6.33. The second kappa shape index (κ2) is 5.12. The molecule has 104 valence electrons. The van der Waals surface area contributed by atoms with Gasteiger partial charge in [-0.05, 0) is 41.3 Å². The van der Waals surface area contributed by atoms with Crippen molar-refractivity contribution >= 4 is 26.0 Å². The Hall–Kier alpha value is -0.500. The SMILES string of the molecule is O=S(=O)(c1cncc(Br)c1)N1CCOC2CCCC21. The molecule has 3 rings (SSSR count). The summed E-state index contributed by atoms with van der Waals surface area (Å²) < 4.78 is 33.3. The first kappa shape index (κ1) is 13.5. The molecule has 1 aliphatic heterocycles. The summed E-state index contributed by atoms with van der Waals surface area (Å²) >= 11 is 3.26. The second-order valence-electron chi connectivity index (χ2n) is 4.86. The van der Waals surface area contributed by atoms with Crippen LogP contribution in [0.3, 0.4) is 0 Å². The molecule has 1 saturated carbocycles. The lowest BCUT2D eigenvalue weighted by molar-refractivity contribution is -0.0241. The van der Waals surface area contributed by atoms with Gasteiger partial charge in [-0.25, -0.2) is 8.42 Å². The van der Waals surface area contributed by atoms with Gasteiger partial charge in [0.25, 0.3) is 0 Å². The van der Waals surface area contributed by atoms with Gasteiger partial charge in [-0.3, -0.25) is 4.98 Å². The van der Waals surface area contributed by atoms with Crippen LogP contribution in [0.25, 0.3) is 0 Å². The molecule has 2 heterocycles. The van der Waals surface area contributed by atoms with Crippen LogP contribution in [0.4, 0.5) is 0 Å². The largest absolute Gasteiger partial charge is 0.375 e. The third-order valence-electron chi connectivity index (χ3n) is 3.72. The van der Waals surface area contributed by atoms with Crippen LogP contribution < -0.4 is 0 Å². The molecule has 2 unspecified atom stereocenters. The highest BCUT2D eigenvalue weighted by atomic mass is 79.9. The Morgan fingerprint density at radius 1 is 1.37 bits per heavy atom. The van der Waals surface area contributed by atoms with E-state index >= 15 is 0 Å². The quantitative estimate of drug-likeness (QED) is 0.818. The van der Waals surface area contributed by atoms with Crippen LogP contribution in [0.5, 0.6) is 0 Å². The number of hydrogen-bond donors (Lipinski definition) is 0. The molecule has 1 aliphatic carbocycles. The van der Waals surface area contributed by atoms with E-state index in [4.69, 9.17) is 4.74 Å². The van der Waals surface area contributed by atoms with Crippen molar-refractivity contribution in [2.24, 2.45) is 0 Å². The highest BCUT2D eigenvalue weighted by Crippen LogP contribution is 2.33. The smallest absolute Gasteiger partial charge is 0.245 e. The maximum Gasteiger partial charge on any atom is 0.245 e. The number of hydrogen-bond acceptors (Lipinski definition) is 4. The third kappa shape index (κ3) is 2.44. The number of halogens is 1. The van der Waals surface area contributed by atoms with Crippen LogP contribution in [-0.4, -0.2) is 43.0 Å². The Kier molecular flexibility index (Phi) is 3.63. The number of nitrogens with zero attached hydrogens (tertiary/aromatic N) is 2. The standard InChI is InChI=1S/C12H15BrN2O3S/c13-9-6-10(8-14-7-9)19(16,17)15-4-5-18-12-3-1-2-11(12)15/h6-8,11-12H,1-5H2. The van der Waals surface area contributed by atoms with Crippen LogP contribution in [0.2, 0.25) is 0 Å². The molecule has 1 aromatic rings. The predicted octanol–water partition coefficient (Wildman–Crippen LogP) is 1.79. The van der Waals surface area contributed by atoms with Crippen LogP contribution in [0, 0.1) is 0 Å². The fraction of sp³-hybridized carbons (Fsp3) is 0.583. The zero-order valence-electron chi connectivity index (χ0n) is 10.3. The fourth-order valence-electron chi connectivity index (χ4n) is 2.86. The summed E-state index contributed by atoms with van der Waals surface area (Å²) in [6.07, 6.45) is 5.90. The van der Waals surface area contributed by atoms with Gasteiger partial charge >= 0.3 is 0 Å². The molecule has 0 aromatic carbocycles. The van der Waals surface area contributed by atoms with E-state index in [2.05, 4.69) is 20.9 Å². The third-order valence-corrected chi connectivity index (χ3v) is 6.04. The summed E-state index contributed by atoms with van der Waals surface area (Å²) in [5, 5.41) is 0. The van der Waals surface area contributed by atoms with Gasteiger partial charge in [-0.15, -0.1) is 0 Å². The molecule has 19 heavy (non-hydrogen) atoms. The lowest BCUT2D eigenvalue weighted by atomic mass is 10.2. The van der Waals surface area contributed by atoms with Crippen molar-refractivity contribution in [2.75, 3.05) is 13.2 Å². The molecule has 2 atom stereocenters. The summed E-state index contributed by atoms with van der Waals surface area (Å²) in [5.41, 5.74) is 0. The summed E-state index contributed by atoms with van der Waals surface area (Å²) in [7, 11) is -3.48. The van der Waals surface area contributed by atoms with Gasteiger partial charge in [-0.1, -0.05) is 0 Å². The van der Waals surface area contributed by atoms with E-state index in [1.165, 1.54) is 6.20 Å². The molecule has 1 aromatic heterocycles.